The van der Waals surface area contributed by atoms with E-state index in [-0.39, 0.29) is 17.3 Å². The third kappa shape index (κ3) is 3.49. The Balaban J connectivity index is 1.74. The first-order chi connectivity index (χ1) is 12.3. The highest BCUT2D eigenvalue weighted by molar-refractivity contribution is 7.91. The van der Waals surface area contributed by atoms with Crippen molar-refractivity contribution in [2.45, 2.75) is 25.0 Å². The molecule has 0 aliphatic carbocycles. The number of nitrogens with zero attached hydrogens (tertiary/aromatic N) is 3. The van der Waals surface area contributed by atoms with Gasteiger partial charge in [0.25, 0.3) is 10.0 Å². The molecule has 1 amide bonds. The number of aromatic nitrogens is 2. The second-order valence-electron chi connectivity index (χ2n) is 6.03. The van der Waals surface area contributed by atoms with Crippen molar-refractivity contribution in [2.75, 3.05) is 32.8 Å². The van der Waals surface area contributed by atoms with Gasteiger partial charge < -0.3 is 9.64 Å². The number of aryl methyl sites for hydroxylation is 1. The molecule has 0 bridgehead atoms. The Labute approximate surface area is 156 Å². The zero-order chi connectivity index (χ0) is 18.9. The topological polar surface area (TPSA) is 95.6 Å². The smallest absolute Gasteiger partial charge is 0.409 e. The summed E-state index contributed by atoms with van der Waals surface area (Å²) in [4.78, 5) is 14.1. The van der Waals surface area contributed by atoms with Gasteiger partial charge in [-0.1, -0.05) is 0 Å². The molecule has 0 atom stereocenters. The Morgan fingerprint density at radius 3 is 2.54 bits per heavy atom. The highest BCUT2D eigenvalue weighted by Gasteiger charge is 2.31. The molecule has 1 saturated heterocycles. The van der Waals surface area contributed by atoms with E-state index >= 15 is 0 Å². The quantitative estimate of drug-likeness (QED) is 0.852. The number of hydrogen-bond donors (Lipinski definition) is 1. The molecule has 142 valence electrons. The molecule has 10 heteroatoms. The lowest BCUT2D eigenvalue weighted by Crippen LogP contribution is -2.50. The fraction of sp³-hybridized carbons (Fsp3) is 0.500. The maximum absolute atomic E-state index is 12.9. The number of carbonyl (C=O) groups is 1. The molecule has 1 aliphatic heterocycles. The first-order valence-corrected chi connectivity index (χ1v) is 10.6. The lowest BCUT2D eigenvalue weighted by atomic mass is 10.2. The monoisotopic (exact) mass is 398 g/mol. The molecule has 3 rings (SSSR count). The molecule has 0 spiro atoms. The summed E-state index contributed by atoms with van der Waals surface area (Å²) in [6.07, 6.45) is -0.396. The molecule has 26 heavy (non-hydrogen) atoms. The third-order valence-corrected chi connectivity index (χ3v) is 7.88. The molecule has 1 aliphatic rings. The Morgan fingerprint density at radius 2 is 1.96 bits per heavy atom. The number of H-pyrrole nitrogens is 1. The second kappa shape index (κ2) is 7.37. The van der Waals surface area contributed by atoms with Crippen molar-refractivity contribution in [3.63, 3.8) is 0 Å². The van der Waals surface area contributed by atoms with Crippen LogP contribution in [-0.2, 0) is 14.8 Å². The van der Waals surface area contributed by atoms with Crippen LogP contribution in [0.2, 0.25) is 0 Å². The number of nitrogens with one attached hydrogen (secondary N) is 1. The van der Waals surface area contributed by atoms with Crippen LogP contribution in [-0.4, -0.2) is 66.7 Å². The molecule has 2 aromatic heterocycles. The average molecular weight is 399 g/mol. The van der Waals surface area contributed by atoms with Crippen LogP contribution < -0.4 is 0 Å². The number of sulfonamides is 1. The number of aromatic amines is 1. The minimum atomic E-state index is -3.58. The van der Waals surface area contributed by atoms with E-state index in [1.165, 1.54) is 20.5 Å². The summed E-state index contributed by atoms with van der Waals surface area (Å²) in [6, 6.07) is 3.41. The number of thiophene rings is 1. The van der Waals surface area contributed by atoms with Crippen molar-refractivity contribution in [3.05, 3.63) is 23.4 Å². The van der Waals surface area contributed by atoms with Gasteiger partial charge in [0, 0.05) is 31.9 Å². The summed E-state index contributed by atoms with van der Waals surface area (Å²) >= 11 is 1.21. The van der Waals surface area contributed by atoms with Gasteiger partial charge >= 0.3 is 6.09 Å². The summed E-state index contributed by atoms with van der Waals surface area (Å²) in [5.74, 6) is 0. The van der Waals surface area contributed by atoms with Gasteiger partial charge in [-0.25, -0.2) is 13.2 Å². The summed E-state index contributed by atoms with van der Waals surface area (Å²) in [6.45, 7) is 7.11. The fourth-order valence-corrected chi connectivity index (χ4v) is 5.69. The van der Waals surface area contributed by atoms with E-state index in [1.54, 1.807) is 19.1 Å². The predicted molar refractivity (Wildman–Crippen MR) is 98.7 cm³/mol. The SMILES string of the molecule is CCOC(=O)N1CCN(S(=O)(=O)c2ccc(-c3n[nH]c(C)c3C)s2)CC1. The standard InChI is InChI=1S/C16H22N4O4S2/c1-4-24-16(21)19-7-9-20(10-8-19)26(22,23)14-6-5-13(25-14)15-11(2)12(3)17-18-15/h5-6H,4,7-10H2,1-3H3,(H,17,18). The fourth-order valence-electron chi connectivity index (χ4n) is 2.76. The second-order valence-corrected chi connectivity index (χ2v) is 9.28. The zero-order valence-corrected chi connectivity index (χ0v) is 16.6. The minimum Gasteiger partial charge on any atom is -0.450 e. The number of carbonyl (C=O) groups excluding carboxylic acids is 1. The molecule has 0 aromatic carbocycles. The van der Waals surface area contributed by atoms with Crippen LogP contribution in [0.4, 0.5) is 4.79 Å². The Hall–Kier alpha value is -1.91. The Bertz CT molecular complexity index is 895. The van der Waals surface area contributed by atoms with Crippen LogP contribution in [0.1, 0.15) is 18.2 Å². The van der Waals surface area contributed by atoms with Crippen LogP contribution >= 0.6 is 11.3 Å². The number of amides is 1. The van der Waals surface area contributed by atoms with Gasteiger partial charge in [-0.15, -0.1) is 11.3 Å². The highest BCUT2D eigenvalue weighted by atomic mass is 32.2. The number of piperazine rings is 1. The zero-order valence-electron chi connectivity index (χ0n) is 15.0. The third-order valence-electron chi connectivity index (χ3n) is 4.43. The molecule has 8 nitrogen and oxygen atoms in total. The van der Waals surface area contributed by atoms with Gasteiger partial charge in [0.2, 0.25) is 0 Å². The van der Waals surface area contributed by atoms with Gasteiger partial charge in [-0.05, 0) is 38.5 Å². The van der Waals surface area contributed by atoms with E-state index < -0.39 is 16.1 Å². The molecule has 0 unspecified atom stereocenters. The molecule has 1 N–H and O–H groups in total. The van der Waals surface area contributed by atoms with E-state index in [1.807, 2.05) is 13.8 Å². The maximum atomic E-state index is 12.9. The molecule has 2 aromatic rings. The van der Waals surface area contributed by atoms with Gasteiger partial charge in [0.1, 0.15) is 9.90 Å². The summed E-state index contributed by atoms with van der Waals surface area (Å²) in [5.41, 5.74) is 2.76. The lowest BCUT2D eigenvalue weighted by molar-refractivity contribution is 0.0934. The first kappa shape index (κ1) is 18.9. The number of ether oxygens (including phenoxy) is 1. The maximum Gasteiger partial charge on any atom is 0.409 e. The summed E-state index contributed by atoms with van der Waals surface area (Å²) < 4.78 is 32.5. The normalized spacial score (nSPS) is 16.0. The van der Waals surface area contributed by atoms with Crippen molar-refractivity contribution in [1.29, 1.82) is 0 Å². The molecular formula is C16H22N4O4S2. The van der Waals surface area contributed by atoms with Crippen LogP contribution in [0.3, 0.4) is 0 Å². The Morgan fingerprint density at radius 1 is 1.27 bits per heavy atom. The average Bonchev–Trinajstić information content (AvgIpc) is 3.23. The predicted octanol–water partition coefficient (Wildman–Crippen LogP) is 2.22. The molecule has 0 saturated carbocycles. The molecule has 3 heterocycles. The van der Waals surface area contributed by atoms with Gasteiger partial charge in [-0.3, -0.25) is 5.10 Å². The summed E-state index contributed by atoms with van der Waals surface area (Å²) in [5, 5.41) is 7.18. The molecular weight excluding hydrogens is 376 g/mol. The van der Waals surface area contributed by atoms with Gasteiger partial charge in [0.05, 0.1) is 11.5 Å². The van der Waals surface area contributed by atoms with E-state index in [2.05, 4.69) is 10.2 Å². The van der Waals surface area contributed by atoms with E-state index in [9.17, 15) is 13.2 Å². The Kier molecular flexibility index (Phi) is 5.35. The van der Waals surface area contributed by atoms with Crippen LogP contribution in [0.25, 0.3) is 10.6 Å². The van der Waals surface area contributed by atoms with Crippen LogP contribution in [0.5, 0.6) is 0 Å². The first-order valence-electron chi connectivity index (χ1n) is 8.38. The van der Waals surface area contributed by atoms with Crippen LogP contribution in [0, 0.1) is 13.8 Å². The van der Waals surface area contributed by atoms with Crippen molar-refractivity contribution in [2.24, 2.45) is 0 Å². The largest absolute Gasteiger partial charge is 0.450 e. The van der Waals surface area contributed by atoms with Crippen molar-refractivity contribution >= 4 is 27.5 Å². The van der Waals surface area contributed by atoms with Gasteiger partial charge in [-0.2, -0.15) is 9.40 Å². The van der Waals surface area contributed by atoms with E-state index in [4.69, 9.17) is 4.74 Å². The molecule has 1 fully saturated rings. The highest BCUT2D eigenvalue weighted by Crippen LogP contribution is 2.33. The van der Waals surface area contributed by atoms with E-state index in [0.29, 0.717) is 19.7 Å². The van der Waals surface area contributed by atoms with Crippen LogP contribution in [0.15, 0.2) is 16.3 Å². The van der Waals surface area contributed by atoms with Crippen molar-refractivity contribution in [3.8, 4) is 10.6 Å². The van der Waals surface area contributed by atoms with E-state index in [0.717, 1.165) is 21.8 Å². The number of rotatable bonds is 4. The number of hydrogen-bond acceptors (Lipinski definition) is 6. The van der Waals surface area contributed by atoms with Crippen molar-refractivity contribution < 1.29 is 17.9 Å². The summed E-state index contributed by atoms with van der Waals surface area (Å²) in [7, 11) is -3.58. The van der Waals surface area contributed by atoms with Gasteiger partial charge in [0.15, 0.2) is 0 Å². The minimum absolute atomic E-state index is 0.259. The lowest BCUT2D eigenvalue weighted by Gasteiger charge is -2.32. The molecule has 0 radical (unpaired) electrons. The van der Waals surface area contributed by atoms with Crippen molar-refractivity contribution in [1.82, 2.24) is 19.4 Å².